The number of halogens is 5. The quantitative estimate of drug-likeness (QED) is 0.673. The van der Waals surface area contributed by atoms with Gasteiger partial charge in [0.1, 0.15) is 0 Å². The van der Waals surface area contributed by atoms with Gasteiger partial charge in [-0.25, -0.2) is 0 Å². The van der Waals surface area contributed by atoms with E-state index in [2.05, 4.69) is 31.9 Å². The number of rotatable bonds is 0. The van der Waals surface area contributed by atoms with Crippen molar-refractivity contribution in [2.75, 3.05) is 0 Å². The molecule has 0 bridgehead atoms. The third-order valence-corrected chi connectivity index (χ3v) is 2.57. The van der Waals surface area contributed by atoms with E-state index in [1.54, 1.807) is 0 Å². The van der Waals surface area contributed by atoms with E-state index >= 15 is 0 Å². The molecule has 0 aromatic heterocycles. The summed E-state index contributed by atoms with van der Waals surface area (Å²) in [5.41, 5.74) is -0.676. The van der Waals surface area contributed by atoms with Crippen LogP contribution in [-0.4, -0.2) is 0 Å². The second-order valence-electron chi connectivity index (χ2n) is 2.09. The molecule has 66 valence electrons. The molecule has 0 heterocycles. The van der Waals surface area contributed by atoms with Gasteiger partial charge in [0.25, 0.3) is 0 Å². The molecule has 1 aromatic carbocycles. The maximum absolute atomic E-state index is 12.2. The van der Waals surface area contributed by atoms with Gasteiger partial charge in [-0.3, -0.25) is 0 Å². The van der Waals surface area contributed by atoms with Crippen LogP contribution in [0.5, 0.6) is 0 Å². The summed E-state index contributed by atoms with van der Waals surface area (Å²) in [5.74, 6) is 0. The van der Waals surface area contributed by atoms with Crippen molar-refractivity contribution in [1.29, 1.82) is 0 Å². The zero-order chi connectivity index (χ0) is 9.35. The van der Waals surface area contributed by atoms with Crippen LogP contribution in [0.25, 0.3) is 0 Å². The van der Waals surface area contributed by atoms with E-state index in [0.717, 1.165) is 0 Å². The summed E-state index contributed by atoms with van der Waals surface area (Å²) in [5, 5.41) is 0. The van der Waals surface area contributed by atoms with E-state index in [9.17, 15) is 13.2 Å². The van der Waals surface area contributed by atoms with Gasteiger partial charge in [0, 0.05) is 8.95 Å². The minimum Gasteiger partial charge on any atom is -0.166 e. The monoisotopic (exact) mass is 302 g/mol. The third kappa shape index (κ3) is 2.01. The average Bonchev–Trinajstić information content (AvgIpc) is 1.82. The van der Waals surface area contributed by atoms with Crippen molar-refractivity contribution in [3.8, 4) is 0 Å². The lowest BCUT2D eigenvalue weighted by molar-refractivity contribution is -0.138. The largest absolute Gasteiger partial charge is 0.418 e. The lowest BCUT2D eigenvalue weighted by Gasteiger charge is -2.10. The molecule has 0 radical (unpaired) electrons. The molecule has 1 rings (SSSR count). The highest BCUT2D eigenvalue weighted by molar-refractivity contribution is 9.11. The molecule has 0 saturated heterocycles. The molecular weight excluding hydrogens is 301 g/mol. The van der Waals surface area contributed by atoms with Crippen LogP contribution >= 0.6 is 31.9 Å². The average molecular weight is 304 g/mol. The van der Waals surface area contributed by atoms with Crippen LogP contribution in [-0.2, 0) is 6.18 Å². The Kier molecular flexibility index (Phi) is 2.83. The first-order valence-electron chi connectivity index (χ1n) is 2.94. The predicted molar refractivity (Wildman–Crippen MR) is 46.8 cm³/mol. The molecule has 1 aromatic rings. The topological polar surface area (TPSA) is 0 Å². The van der Waals surface area contributed by atoms with Gasteiger partial charge < -0.3 is 0 Å². The number of benzene rings is 1. The van der Waals surface area contributed by atoms with E-state index in [-0.39, 0.29) is 8.95 Å². The van der Waals surface area contributed by atoms with Crippen LogP contribution in [0.3, 0.4) is 0 Å². The smallest absolute Gasteiger partial charge is 0.166 e. The van der Waals surface area contributed by atoms with Crippen molar-refractivity contribution in [3.05, 3.63) is 32.7 Å². The molecule has 0 unspecified atom stereocenters. The first kappa shape index (κ1) is 10.1. The Labute approximate surface area is 84.0 Å². The predicted octanol–water partition coefficient (Wildman–Crippen LogP) is 4.23. The van der Waals surface area contributed by atoms with Gasteiger partial charge >= 0.3 is 6.18 Å². The fourth-order valence-electron chi connectivity index (χ4n) is 0.769. The maximum atomic E-state index is 12.2. The second-order valence-corrected chi connectivity index (χ2v) is 3.80. The van der Waals surface area contributed by atoms with Crippen molar-refractivity contribution < 1.29 is 13.2 Å². The van der Waals surface area contributed by atoms with Gasteiger partial charge in [-0.15, -0.1) is 0 Å². The Bertz CT molecular complexity index is 273. The summed E-state index contributed by atoms with van der Waals surface area (Å²) in [6.07, 6.45) is -4.32. The zero-order valence-electron chi connectivity index (χ0n) is 5.62. The molecule has 12 heavy (non-hydrogen) atoms. The Morgan fingerprint density at radius 2 is 1.42 bits per heavy atom. The highest BCUT2D eigenvalue weighted by Gasteiger charge is 2.34. The summed E-state index contributed by atoms with van der Waals surface area (Å²) in [4.78, 5) is 0. The Hall–Kier alpha value is -0.0300. The normalized spacial score (nSPS) is 11.8. The van der Waals surface area contributed by atoms with Crippen molar-refractivity contribution in [2.45, 2.75) is 6.18 Å². The highest BCUT2D eigenvalue weighted by atomic mass is 79.9. The van der Waals surface area contributed by atoms with Crippen LogP contribution in [0.15, 0.2) is 27.1 Å². The first-order valence-corrected chi connectivity index (χ1v) is 4.52. The number of hydrogen-bond donors (Lipinski definition) is 0. The van der Waals surface area contributed by atoms with E-state index in [1.165, 1.54) is 18.2 Å². The Morgan fingerprint density at radius 3 is 1.67 bits per heavy atom. The van der Waals surface area contributed by atoms with Gasteiger partial charge in [0.15, 0.2) is 0 Å². The standard InChI is InChI=1S/C7H3Br2F3/c8-4-2-1-3-5(9)6(4)7(10,11)12/h1-3H. The molecule has 5 heteroatoms. The fourth-order valence-corrected chi connectivity index (χ4v) is 2.22. The summed E-state index contributed by atoms with van der Waals surface area (Å²) >= 11 is 5.67. The van der Waals surface area contributed by atoms with Crippen LogP contribution in [0, 0.1) is 0 Å². The highest BCUT2D eigenvalue weighted by Crippen LogP contribution is 2.39. The first-order chi connectivity index (χ1) is 5.43. The maximum Gasteiger partial charge on any atom is 0.418 e. The van der Waals surface area contributed by atoms with E-state index in [4.69, 9.17) is 0 Å². The number of alkyl halides is 3. The lowest BCUT2D eigenvalue weighted by atomic mass is 10.2. The van der Waals surface area contributed by atoms with Gasteiger partial charge in [-0.2, -0.15) is 13.2 Å². The van der Waals surface area contributed by atoms with Gasteiger partial charge in [0.2, 0.25) is 0 Å². The molecule has 0 saturated carbocycles. The summed E-state index contributed by atoms with van der Waals surface area (Å²) in [6, 6.07) is 4.24. The minimum absolute atomic E-state index is 0.0457. The van der Waals surface area contributed by atoms with Crippen LogP contribution in [0.1, 0.15) is 5.56 Å². The molecule has 0 spiro atoms. The molecule has 0 atom stereocenters. The molecular formula is C7H3Br2F3. The molecule has 0 aliphatic carbocycles. The van der Waals surface area contributed by atoms with Gasteiger partial charge in [-0.1, -0.05) is 37.9 Å². The van der Waals surface area contributed by atoms with E-state index in [0.29, 0.717) is 0 Å². The second kappa shape index (κ2) is 3.38. The van der Waals surface area contributed by atoms with Gasteiger partial charge in [-0.05, 0) is 12.1 Å². The van der Waals surface area contributed by atoms with Crippen LogP contribution in [0.4, 0.5) is 13.2 Å². The van der Waals surface area contributed by atoms with Crippen molar-refractivity contribution >= 4 is 31.9 Å². The molecule has 0 nitrogen and oxygen atoms in total. The Balaban J connectivity index is 3.31. The molecule has 0 N–H and O–H groups in total. The Morgan fingerprint density at radius 1 is 1.00 bits per heavy atom. The van der Waals surface area contributed by atoms with Gasteiger partial charge in [0.05, 0.1) is 5.56 Å². The minimum atomic E-state index is -4.32. The summed E-state index contributed by atoms with van der Waals surface area (Å²) < 4.78 is 36.8. The summed E-state index contributed by atoms with van der Waals surface area (Å²) in [6.45, 7) is 0. The fraction of sp³-hybridized carbons (Fsp3) is 0.143. The SMILES string of the molecule is FC(F)(F)c1c(Br)cccc1Br. The molecule has 0 aliphatic rings. The third-order valence-electron chi connectivity index (χ3n) is 1.25. The number of hydrogen-bond acceptors (Lipinski definition) is 0. The van der Waals surface area contributed by atoms with E-state index in [1.807, 2.05) is 0 Å². The van der Waals surface area contributed by atoms with E-state index < -0.39 is 11.7 Å². The van der Waals surface area contributed by atoms with Crippen molar-refractivity contribution in [2.24, 2.45) is 0 Å². The molecule has 0 aliphatic heterocycles. The molecule has 0 fully saturated rings. The van der Waals surface area contributed by atoms with Crippen LogP contribution < -0.4 is 0 Å². The van der Waals surface area contributed by atoms with Crippen molar-refractivity contribution in [3.63, 3.8) is 0 Å². The lowest BCUT2D eigenvalue weighted by Crippen LogP contribution is -2.06. The zero-order valence-corrected chi connectivity index (χ0v) is 8.79. The van der Waals surface area contributed by atoms with Crippen LogP contribution in [0.2, 0.25) is 0 Å². The van der Waals surface area contributed by atoms with Crippen molar-refractivity contribution in [1.82, 2.24) is 0 Å². The summed E-state index contributed by atoms with van der Waals surface area (Å²) in [7, 11) is 0. The molecule has 0 amide bonds.